The molecule has 1 saturated heterocycles. The number of nitrogens with one attached hydrogen (secondary N) is 2. The van der Waals surface area contributed by atoms with Gasteiger partial charge in [-0.3, -0.25) is 0 Å². The molecule has 0 radical (unpaired) electrons. The number of benzene rings is 1. The molecular weight excluding hydrogens is 729 g/mol. The number of hydrogen-bond donors (Lipinski definition) is 2. The van der Waals surface area contributed by atoms with E-state index in [9.17, 15) is 0 Å². The minimum Gasteiger partial charge on any atom is -0.380 e. The van der Waals surface area contributed by atoms with Gasteiger partial charge >= 0.3 is 0 Å². The van der Waals surface area contributed by atoms with E-state index in [1.807, 2.05) is 37.2 Å². The van der Waals surface area contributed by atoms with Crippen LogP contribution in [0, 0.1) is 39.9 Å². The summed E-state index contributed by atoms with van der Waals surface area (Å²) in [6, 6.07) is 10.8. The molecule has 4 rings (SSSR count). The molecule has 2 aliphatic carbocycles. The second-order valence-electron chi connectivity index (χ2n) is 21.9. The van der Waals surface area contributed by atoms with E-state index < -0.39 is 0 Å². The Bertz CT molecular complexity index is 1480. The summed E-state index contributed by atoms with van der Waals surface area (Å²) in [6.07, 6.45) is 15.9. The van der Waals surface area contributed by atoms with Crippen molar-refractivity contribution in [2.75, 3.05) is 27.2 Å². The molecule has 4 atom stereocenters. The maximum absolute atomic E-state index is 4.73. The Labute approximate surface area is 373 Å². The highest BCUT2D eigenvalue weighted by molar-refractivity contribution is 5.30. The number of rotatable bonds is 19. The van der Waals surface area contributed by atoms with Gasteiger partial charge in [-0.2, -0.15) is 0 Å². The summed E-state index contributed by atoms with van der Waals surface area (Å²) in [4.78, 5) is 4.67. The summed E-state index contributed by atoms with van der Waals surface area (Å²) in [5, 5.41) is 6.94. The Morgan fingerprint density at radius 2 is 1.35 bits per heavy atom. The zero-order valence-electron chi connectivity index (χ0n) is 41.8. The van der Waals surface area contributed by atoms with Crippen LogP contribution in [0.4, 0.5) is 0 Å². The standard InChI is InChI=1S/C25H37N3.C24H43N.C5H12.C2H4/c1-8-23(16-22-14-15-22)19(3)20(4)26-17-18(2)27-25(21(5)28(6)7)24-12-10-9-11-13-24;1-18(2)21-15-12-16-25(21)19(3)22(20-13-10-9-11-14-20)24(7,8)17-23(4,5)6;1-5(2,3)4;1-2/h9-13,22-23,25-27H,2-5,8,14-17H2,1,6-7H3;20-22H,1,3,9-17H2,2,4-8H3;1-4H3;1-2H2. The van der Waals surface area contributed by atoms with Gasteiger partial charge in [-0.25, -0.2) is 0 Å². The third-order valence-electron chi connectivity index (χ3n) is 12.1. The SMILES string of the molecule is C=C.C=C(C)C1CCCN1C(=C)C(C1CCCCC1)C(C)(C)CC(C)(C)C.C=C(CNC(=C)C(=C)C(CC)CC1CC1)NC(C(=C)N(C)C)c1ccccc1.CC(C)(C)C. The van der Waals surface area contributed by atoms with E-state index in [1.165, 1.54) is 94.0 Å². The number of hydrogen-bond acceptors (Lipinski definition) is 4. The van der Waals surface area contributed by atoms with Gasteiger partial charge in [0.05, 0.1) is 12.6 Å². The van der Waals surface area contributed by atoms with Gasteiger partial charge in [-0.05, 0) is 97.0 Å². The molecule has 340 valence electrons. The summed E-state index contributed by atoms with van der Waals surface area (Å²) in [5.41, 5.74) is 9.02. The van der Waals surface area contributed by atoms with E-state index in [1.54, 1.807) is 0 Å². The highest BCUT2D eigenvalue weighted by Crippen LogP contribution is 2.50. The Hall–Kier alpha value is -3.40. The van der Waals surface area contributed by atoms with E-state index in [-0.39, 0.29) is 6.04 Å². The molecular formula is C56H96N4. The second kappa shape index (κ2) is 25.5. The van der Waals surface area contributed by atoms with Crippen LogP contribution in [0.3, 0.4) is 0 Å². The second-order valence-corrected chi connectivity index (χ2v) is 21.9. The Morgan fingerprint density at radius 3 is 1.82 bits per heavy atom. The van der Waals surface area contributed by atoms with Crippen molar-refractivity contribution in [1.82, 2.24) is 20.4 Å². The minimum atomic E-state index is -0.0137. The van der Waals surface area contributed by atoms with Crippen LogP contribution in [-0.2, 0) is 0 Å². The maximum atomic E-state index is 4.73. The van der Waals surface area contributed by atoms with Gasteiger partial charge < -0.3 is 20.4 Å². The lowest BCUT2D eigenvalue weighted by Crippen LogP contribution is -2.42. The van der Waals surface area contributed by atoms with Crippen molar-refractivity contribution in [3.63, 3.8) is 0 Å². The Balaban J connectivity index is 0.000000522. The van der Waals surface area contributed by atoms with Crippen molar-refractivity contribution < 1.29 is 0 Å². The third kappa shape index (κ3) is 20.0. The van der Waals surface area contributed by atoms with E-state index in [4.69, 9.17) is 6.58 Å². The molecule has 1 heterocycles. The van der Waals surface area contributed by atoms with Gasteiger partial charge in [0, 0.05) is 55.4 Å². The average Bonchev–Trinajstić information content (AvgIpc) is 3.85. The molecule has 60 heavy (non-hydrogen) atoms. The van der Waals surface area contributed by atoms with Gasteiger partial charge in [-0.1, -0.05) is 177 Å². The van der Waals surface area contributed by atoms with Crippen molar-refractivity contribution in [3.05, 3.63) is 122 Å². The molecule has 4 unspecified atom stereocenters. The highest BCUT2D eigenvalue weighted by atomic mass is 15.2. The summed E-state index contributed by atoms with van der Waals surface area (Å²) >= 11 is 0. The smallest absolute Gasteiger partial charge is 0.0908 e. The number of likely N-dealkylation sites (tertiary alicyclic amines) is 1. The first-order chi connectivity index (χ1) is 27.9. The van der Waals surface area contributed by atoms with E-state index >= 15 is 0 Å². The van der Waals surface area contributed by atoms with Crippen molar-refractivity contribution in [1.29, 1.82) is 0 Å². The van der Waals surface area contributed by atoms with Gasteiger partial charge in [-0.15, -0.1) is 13.2 Å². The average molecular weight is 825 g/mol. The van der Waals surface area contributed by atoms with Crippen molar-refractivity contribution in [2.24, 2.45) is 39.9 Å². The monoisotopic (exact) mass is 825 g/mol. The Kier molecular flexibility index (Phi) is 23.2. The third-order valence-corrected chi connectivity index (χ3v) is 12.1. The summed E-state index contributed by atoms with van der Waals surface area (Å²) < 4.78 is 0. The zero-order chi connectivity index (χ0) is 46.0. The largest absolute Gasteiger partial charge is 0.380 e. The molecule has 0 spiro atoms. The van der Waals surface area contributed by atoms with Gasteiger partial charge in [0.25, 0.3) is 0 Å². The van der Waals surface area contributed by atoms with Crippen LogP contribution < -0.4 is 10.6 Å². The fourth-order valence-corrected chi connectivity index (χ4v) is 9.51. The van der Waals surface area contributed by atoms with Crippen molar-refractivity contribution in [2.45, 2.75) is 165 Å². The quantitative estimate of drug-likeness (QED) is 0.107. The molecule has 4 nitrogen and oxygen atoms in total. The molecule has 2 N–H and O–H groups in total. The fourth-order valence-electron chi connectivity index (χ4n) is 9.51. The number of likely N-dealkylation sites (N-methyl/N-ethyl adjacent to an activating group) is 1. The number of nitrogens with zero attached hydrogens (tertiary/aromatic N) is 2. The zero-order valence-corrected chi connectivity index (χ0v) is 41.8. The maximum Gasteiger partial charge on any atom is 0.0908 e. The van der Waals surface area contributed by atoms with Gasteiger partial charge in [0.2, 0.25) is 0 Å². The molecule has 0 bridgehead atoms. The summed E-state index contributed by atoms with van der Waals surface area (Å²) in [5.74, 6) is 2.84. The van der Waals surface area contributed by atoms with Crippen LogP contribution in [-0.4, -0.2) is 43.0 Å². The molecule has 1 aromatic carbocycles. The lowest BCUT2D eigenvalue weighted by molar-refractivity contribution is 0.0685. The first kappa shape index (κ1) is 54.6. The molecule has 3 aliphatic rings. The number of allylic oxidation sites excluding steroid dienone is 2. The minimum absolute atomic E-state index is 0.0137. The van der Waals surface area contributed by atoms with E-state index in [0.717, 1.165) is 40.9 Å². The molecule has 0 amide bonds. The van der Waals surface area contributed by atoms with Crippen LogP contribution in [0.5, 0.6) is 0 Å². The topological polar surface area (TPSA) is 30.5 Å². The lowest BCUT2D eigenvalue weighted by atomic mass is 9.61. The van der Waals surface area contributed by atoms with Crippen molar-refractivity contribution >= 4 is 0 Å². The summed E-state index contributed by atoms with van der Waals surface area (Å²) in [7, 11) is 4.02. The van der Waals surface area contributed by atoms with Crippen molar-refractivity contribution in [3.8, 4) is 0 Å². The molecule has 1 aliphatic heterocycles. The normalized spacial score (nSPS) is 18.4. The molecule has 0 aromatic heterocycles. The first-order valence-corrected chi connectivity index (χ1v) is 23.4. The molecule has 3 fully saturated rings. The van der Waals surface area contributed by atoms with Crippen LogP contribution in [0.25, 0.3) is 0 Å². The Morgan fingerprint density at radius 1 is 0.800 bits per heavy atom. The molecule has 1 aromatic rings. The van der Waals surface area contributed by atoms with Gasteiger partial charge in [0.1, 0.15) is 0 Å². The van der Waals surface area contributed by atoms with Crippen LogP contribution in [0.15, 0.2) is 117 Å². The van der Waals surface area contributed by atoms with Crippen LogP contribution >= 0.6 is 0 Å². The predicted octanol–water partition coefficient (Wildman–Crippen LogP) is 15.4. The highest BCUT2D eigenvalue weighted by Gasteiger charge is 2.43. The summed E-state index contributed by atoms with van der Waals surface area (Å²) in [6.45, 7) is 59.2. The molecule has 2 saturated carbocycles. The van der Waals surface area contributed by atoms with Crippen LogP contribution in [0.2, 0.25) is 0 Å². The lowest BCUT2D eigenvalue weighted by Gasteiger charge is -2.48. The van der Waals surface area contributed by atoms with Crippen LogP contribution in [0.1, 0.15) is 165 Å². The van der Waals surface area contributed by atoms with E-state index in [0.29, 0.717) is 40.7 Å². The molecule has 4 heteroatoms. The fraction of sp³-hybridized carbons (Fsp3) is 0.643. The first-order valence-electron chi connectivity index (χ1n) is 23.4. The predicted molar refractivity (Wildman–Crippen MR) is 270 cm³/mol. The van der Waals surface area contributed by atoms with E-state index in [2.05, 4.69) is 150 Å². The van der Waals surface area contributed by atoms with Gasteiger partial charge in [0.15, 0.2) is 0 Å².